The van der Waals surface area contributed by atoms with Crippen molar-refractivity contribution in [2.24, 2.45) is 0 Å². The maximum atomic E-state index is 11.6. The number of carbonyl (C=O) groups excluding carboxylic acids is 1. The SMILES string of the molecule is C=CCNCC(=O)N[C@H](C)c1ccc(C)cc1. The second-order valence-corrected chi connectivity index (χ2v) is 4.12. The van der Waals surface area contributed by atoms with Gasteiger partial charge in [-0.05, 0) is 19.4 Å². The monoisotopic (exact) mass is 232 g/mol. The van der Waals surface area contributed by atoms with Crippen molar-refractivity contribution >= 4 is 5.91 Å². The smallest absolute Gasteiger partial charge is 0.234 e. The van der Waals surface area contributed by atoms with Crippen LogP contribution >= 0.6 is 0 Å². The largest absolute Gasteiger partial charge is 0.348 e. The average molecular weight is 232 g/mol. The normalized spacial score (nSPS) is 11.9. The van der Waals surface area contributed by atoms with Crippen molar-refractivity contribution in [2.75, 3.05) is 13.1 Å². The summed E-state index contributed by atoms with van der Waals surface area (Å²) < 4.78 is 0. The van der Waals surface area contributed by atoms with Crippen LogP contribution in [-0.4, -0.2) is 19.0 Å². The highest BCUT2D eigenvalue weighted by Crippen LogP contribution is 2.12. The molecule has 0 fully saturated rings. The molecule has 0 heterocycles. The summed E-state index contributed by atoms with van der Waals surface area (Å²) in [6, 6.07) is 8.21. The van der Waals surface area contributed by atoms with Gasteiger partial charge in [0.25, 0.3) is 0 Å². The van der Waals surface area contributed by atoms with Crippen LogP contribution in [0.3, 0.4) is 0 Å². The molecule has 3 nitrogen and oxygen atoms in total. The molecule has 1 atom stereocenters. The maximum Gasteiger partial charge on any atom is 0.234 e. The fraction of sp³-hybridized carbons (Fsp3) is 0.357. The molecule has 0 aliphatic rings. The number of rotatable bonds is 6. The first-order valence-electron chi connectivity index (χ1n) is 5.81. The number of nitrogens with one attached hydrogen (secondary N) is 2. The van der Waals surface area contributed by atoms with Gasteiger partial charge in [-0.25, -0.2) is 0 Å². The Morgan fingerprint density at radius 3 is 2.65 bits per heavy atom. The summed E-state index contributed by atoms with van der Waals surface area (Å²) in [4.78, 5) is 11.6. The van der Waals surface area contributed by atoms with E-state index in [0.29, 0.717) is 13.1 Å². The lowest BCUT2D eigenvalue weighted by atomic mass is 10.1. The number of aryl methyl sites for hydroxylation is 1. The minimum absolute atomic E-state index is 0.0000694. The molecule has 1 rings (SSSR count). The van der Waals surface area contributed by atoms with Crippen LogP contribution in [0, 0.1) is 6.92 Å². The molecule has 0 saturated carbocycles. The van der Waals surface area contributed by atoms with E-state index in [2.05, 4.69) is 17.2 Å². The first kappa shape index (κ1) is 13.5. The summed E-state index contributed by atoms with van der Waals surface area (Å²) in [7, 11) is 0. The Bertz CT molecular complexity index is 370. The number of carbonyl (C=O) groups is 1. The third kappa shape index (κ3) is 4.83. The third-order valence-corrected chi connectivity index (χ3v) is 2.53. The summed E-state index contributed by atoms with van der Waals surface area (Å²) in [5, 5.41) is 5.91. The Labute approximate surface area is 103 Å². The van der Waals surface area contributed by atoms with Gasteiger partial charge in [-0.3, -0.25) is 4.79 Å². The predicted octanol–water partition coefficient (Wildman–Crippen LogP) is 1.95. The molecule has 0 aliphatic heterocycles. The Morgan fingerprint density at radius 1 is 1.41 bits per heavy atom. The summed E-state index contributed by atoms with van der Waals surface area (Å²) in [5.74, 6) is -0.0000694. The van der Waals surface area contributed by atoms with E-state index < -0.39 is 0 Å². The maximum absolute atomic E-state index is 11.6. The minimum atomic E-state index is -0.0000694. The van der Waals surface area contributed by atoms with Gasteiger partial charge >= 0.3 is 0 Å². The van der Waals surface area contributed by atoms with Crippen LogP contribution in [0.15, 0.2) is 36.9 Å². The third-order valence-electron chi connectivity index (χ3n) is 2.53. The molecule has 1 aromatic rings. The van der Waals surface area contributed by atoms with Crippen LogP contribution in [0.25, 0.3) is 0 Å². The van der Waals surface area contributed by atoms with Gasteiger partial charge in [-0.1, -0.05) is 35.9 Å². The van der Waals surface area contributed by atoms with Crippen molar-refractivity contribution in [3.63, 3.8) is 0 Å². The van der Waals surface area contributed by atoms with Crippen molar-refractivity contribution in [1.29, 1.82) is 0 Å². The van der Waals surface area contributed by atoms with E-state index in [-0.39, 0.29) is 11.9 Å². The molecular formula is C14H20N2O. The number of hydrogen-bond donors (Lipinski definition) is 2. The summed E-state index contributed by atoms with van der Waals surface area (Å²) in [6.45, 7) is 8.58. The van der Waals surface area contributed by atoms with Gasteiger partial charge in [-0.15, -0.1) is 6.58 Å². The van der Waals surface area contributed by atoms with Gasteiger partial charge in [0, 0.05) is 6.54 Å². The Morgan fingerprint density at radius 2 is 2.06 bits per heavy atom. The molecular weight excluding hydrogens is 212 g/mol. The lowest BCUT2D eigenvalue weighted by Gasteiger charge is -2.14. The lowest BCUT2D eigenvalue weighted by Crippen LogP contribution is -2.35. The molecule has 1 amide bonds. The highest BCUT2D eigenvalue weighted by atomic mass is 16.1. The first-order chi connectivity index (χ1) is 8.13. The molecule has 92 valence electrons. The van der Waals surface area contributed by atoms with Gasteiger partial charge in [0.2, 0.25) is 5.91 Å². The highest BCUT2D eigenvalue weighted by molar-refractivity contribution is 5.78. The second-order valence-electron chi connectivity index (χ2n) is 4.12. The van der Waals surface area contributed by atoms with E-state index >= 15 is 0 Å². The molecule has 0 saturated heterocycles. The van der Waals surface area contributed by atoms with Crippen LogP contribution in [0.1, 0.15) is 24.1 Å². The second kappa shape index (κ2) is 6.86. The molecule has 0 radical (unpaired) electrons. The van der Waals surface area contributed by atoms with Crippen LogP contribution in [0.4, 0.5) is 0 Å². The lowest BCUT2D eigenvalue weighted by molar-refractivity contribution is -0.120. The first-order valence-corrected chi connectivity index (χ1v) is 5.81. The van der Waals surface area contributed by atoms with Crippen LogP contribution < -0.4 is 10.6 Å². The van der Waals surface area contributed by atoms with Crippen LogP contribution in [0.2, 0.25) is 0 Å². The molecule has 0 aromatic heterocycles. The topological polar surface area (TPSA) is 41.1 Å². The average Bonchev–Trinajstić information content (AvgIpc) is 2.30. The van der Waals surface area contributed by atoms with Crippen molar-refractivity contribution in [3.8, 4) is 0 Å². The van der Waals surface area contributed by atoms with E-state index in [1.54, 1.807) is 6.08 Å². The van der Waals surface area contributed by atoms with Gasteiger partial charge in [0.15, 0.2) is 0 Å². The Hall–Kier alpha value is -1.61. The molecule has 17 heavy (non-hydrogen) atoms. The van der Waals surface area contributed by atoms with E-state index in [0.717, 1.165) is 5.56 Å². The van der Waals surface area contributed by atoms with E-state index in [4.69, 9.17) is 0 Å². The van der Waals surface area contributed by atoms with Crippen molar-refractivity contribution in [3.05, 3.63) is 48.0 Å². The van der Waals surface area contributed by atoms with E-state index in [9.17, 15) is 4.79 Å². The summed E-state index contributed by atoms with van der Waals surface area (Å²) >= 11 is 0. The van der Waals surface area contributed by atoms with Gasteiger partial charge in [0.1, 0.15) is 0 Å². The van der Waals surface area contributed by atoms with Crippen LogP contribution in [-0.2, 0) is 4.79 Å². The standard InChI is InChI=1S/C14H20N2O/c1-4-9-15-10-14(17)16-12(3)13-7-5-11(2)6-8-13/h4-8,12,15H,1,9-10H2,2-3H3,(H,16,17)/t12-/m1/s1. The highest BCUT2D eigenvalue weighted by Gasteiger charge is 2.08. The molecule has 2 N–H and O–H groups in total. The molecule has 0 aliphatic carbocycles. The van der Waals surface area contributed by atoms with Crippen molar-refractivity contribution in [1.82, 2.24) is 10.6 Å². The zero-order valence-corrected chi connectivity index (χ0v) is 10.5. The van der Waals surface area contributed by atoms with Crippen molar-refractivity contribution in [2.45, 2.75) is 19.9 Å². The van der Waals surface area contributed by atoms with Crippen LogP contribution in [0.5, 0.6) is 0 Å². The molecule has 0 unspecified atom stereocenters. The molecule has 1 aromatic carbocycles. The minimum Gasteiger partial charge on any atom is -0.348 e. The van der Waals surface area contributed by atoms with Gasteiger partial charge in [-0.2, -0.15) is 0 Å². The summed E-state index contributed by atoms with van der Waals surface area (Å²) in [5.41, 5.74) is 2.34. The van der Waals surface area contributed by atoms with Gasteiger partial charge < -0.3 is 10.6 Å². The Balaban J connectivity index is 2.42. The van der Waals surface area contributed by atoms with Gasteiger partial charge in [0.05, 0.1) is 12.6 Å². The zero-order chi connectivity index (χ0) is 12.7. The quantitative estimate of drug-likeness (QED) is 0.581. The zero-order valence-electron chi connectivity index (χ0n) is 10.5. The summed E-state index contributed by atoms with van der Waals surface area (Å²) in [6.07, 6.45) is 1.73. The number of benzene rings is 1. The molecule has 0 bridgehead atoms. The fourth-order valence-electron chi connectivity index (χ4n) is 1.52. The molecule has 0 spiro atoms. The molecule has 3 heteroatoms. The van der Waals surface area contributed by atoms with E-state index in [1.165, 1.54) is 5.56 Å². The predicted molar refractivity (Wildman–Crippen MR) is 70.8 cm³/mol. The Kier molecular flexibility index (Phi) is 5.43. The number of hydrogen-bond acceptors (Lipinski definition) is 2. The van der Waals surface area contributed by atoms with E-state index in [1.807, 2.05) is 38.1 Å². The fourth-order valence-corrected chi connectivity index (χ4v) is 1.52. The van der Waals surface area contributed by atoms with Crippen molar-refractivity contribution < 1.29 is 4.79 Å². The number of amides is 1.